The molecule has 0 spiro atoms. The summed E-state index contributed by atoms with van der Waals surface area (Å²) < 4.78 is 2.88. The number of carboxylic acid groups (broad SMARTS) is 1. The molecule has 7 nitrogen and oxygen atoms in total. The van der Waals surface area contributed by atoms with Crippen molar-refractivity contribution < 1.29 is 9.90 Å². The van der Waals surface area contributed by atoms with Crippen LogP contribution in [-0.4, -0.2) is 30.6 Å². The van der Waals surface area contributed by atoms with E-state index in [4.69, 9.17) is 5.11 Å². The third-order valence-corrected chi connectivity index (χ3v) is 3.72. The van der Waals surface area contributed by atoms with Crippen molar-refractivity contribution in [2.24, 2.45) is 0 Å². The van der Waals surface area contributed by atoms with Gasteiger partial charge in [-0.15, -0.1) is 0 Å². The average Bonchev–Trinajstić information content (AvgIpc) is 2.88. The summed E-state index contributed by atoms with van der Waals surface area (Å²) in [6.07, 6.45) is -0.157. The van der Waals surface area contributed by atoms with Crippen molar-refractivity contribution in [3.8, 4) is 5.69 Å². The standard InChI is InChI=1S/C16H16N4O3/c1-10-14-11(2)20(12-6-4-3-5-7-12)18-15(14)16(23)19(17-10)9-8-13(21)22/h3-7H,8-9H2,1-2H3,(H,21,22). The lowest BCUT2D eigenvalue weighted by Crippen LogP contribution is -2.25. The molecule has 0 unspecified atom stereocenters. The maximum absolute atomic E-state index is 12.5. The minimum Gasteiger partial charge on any atom is -0.481 e. The van der Waals surface area contributed by atoms with E-state index in [1.54, 1.807) is 11.6 Å². The number of aromatic nitrogens is 4. The minimum absolute atomic E-state index is 0.0300. The van der Waals surface area contributed by atoms with Crippen LogP contribution >= 0.6 is 0 Å². The van der Waals surface area contributed by atoms with Crippen LogP contribution in [0.5, 0.6) is 0 Å². The molecule has 23 heavy (non-hydrogen) atoms. The maximum atomic E-state index is 12.5. The molecule has 3 rings (SSSR count). The second-order valence-corrected chi connectivity index (χ2v) is 5.31. The van der Waals surface area contributed by atoms with Gasteiger partial charge in [0.2, 0.25) is 0 Å². The van der Waals surface area contributed by atoms with E-state index in [2.05, 4.69) is 10.2 Å². The number of carbonyl (C=O) groups is 1. The number of hydrogen-bond donors (Lipinski definition) is 1. The first kappa shape index (κ1) is 15.0. The van der Waals surface area contributed by atoms with E-state index >= 15 is 0 Å². The summed E-state index contributed by atoms with van der Waals surface area (Å²) >= 11 is 0. The summed E-state index contributed by atoms with van der Waals surface area (Å²) in [7, 11) is 0. The van der Waals surface area contributed by atoms with Gasteiger partial charge in [-0.1, -0.05) is 18.2 Å². The van der Waals surface area contributed by atoms with Crippen molar-refractivity contribution >= 4 is 16.9 Å². The predicted octanol–water partition coefficient (Wildman–Crippen LogP) is 1.67. The minimum atomic E-state index is -0.970. The molecular weight excluding hydrogens is 296 g/mol. The SMILES string of the molecule is Cc1nn(CCC(=O)O)c(=O)c2nn(-c3ccccc3)c(C)c12. The summed E-state index contributed by atoms with van der Waals surface area (Å²) in [5, 5.41) is 18.2. The number of nitrogens with zero attached hydrogens (tertiary/aromatic N) is 4. The number of rotatable bonds is 4. The van der Waals surface area contributed by atoms with Crippen molar-refractivity contribution in [3.63, 3.8) is 0 Å². The van der Waals surface area contributed by atoms with Gasteiger partial charge in [0.25, 0.3) is 5.56 Å². The molecule has 0 aliphatic carbocycles. The molecule has 1 aromatic carbocycles. The summed E-state index contributed by atoms with van der Waals surface area (Å²) in [5.74, 6) is -0.970. The number of aliphatic carboxylic acids is 1. The van der Waals surface area contributed by atoms with Gasteiger partial charge in [-0.05, 0) is 26.0 Å². The zero-order valence-electron chi connectivity index (χ0n) is 12.9. The number of fused-ring (bicyclic) bond motifs is 1. The zero-order chi connectivity index (χ0) is 16.6. The van der Waals surface area contributed by atoms with Crippen LogP contribution in [-0.2, 0) is 11.3 Å². The third-order valence-electron chi connectivity index (χ3n) is 3.72. The Hall–Kier alpha value is -2.96. The molecule has 0 radical (unpaired) electrons. The first-order valence-corrected chi connectivity index (χ1v) is 7.23. The van der Waals surface area contributed by atoms with Gasteiger partial charge in [0.05, 0.1) is 35.4 Å². The van der Waals surface area contributed by atoms with E-state index in [1.807, 2.05) is 37.3 Å². The quantitative estimate of drug-likeness (QED) is 0.791. The Balaban J connectivity index is 2.20. The van der Waals surface area contributed by atoms with Gasteiger partial charge in [-0.2, -0.15) is 10.2 Å². The largest absolute Gasteiger partial charge is 0.481 e. The lowest BCUT2D eigenvalue weighted by molar-refractivity contribution is -0.137. The van der Waals surface area contributed by atoms with Crippen LogP contribution in [0.3, 0.4) is 0 Å². The fourth-order valence-corrected chi connectivity index (χ4v) is 2.66. The van der Waals surface area contributed by atoms with E-state index in [0.717, 1.165) is 11.4 Å². The summed E-state index contributed by atoms with van der Waals surface area (Å²) in [6, 6.07) is 9.53. The van der Waals surface area contributed by atoms with Gasteiger partial charge < -0.3 is 5.11 Å². The molecule has 2 aromatic heterocycles. The summed E-state index contributed by atoms with van der Waals surface area (Å²) in [4.78, 5) is 23.2. The summed E-state index contributed by atoms with van der Waals surface area (Å²) in [5.41, 5.74) is 2.29. The molecule has 0 aliphatic heterocycles. The Morgan fingerprint density at radius 1 is 1.17 bits per heavy atom. The molecule has 0 aliphatic rings. The molecule has 0 bridgehead atoms. The van der Waals surface area contributed by atoms with E-state index in [-0.39, 0.29) is 18.5 Å². The fourth-order valence-electron chi connectivity index (χ4n) is 2.66. The molecule has 0 atom stereocenters. The molecule has 2 heterocycles. The number of aryl methyl sites for hydroxylation is 3. The van der Waals surface area contributed by atoms with Crippen molar-refractivity contribution in [2.75, 3.05) is 0 Å². The van der Waals surface area contributed by atoms with Crippen molar-refractivity contribution in [1.29, 1.82) is 0 Å². The van der Waals surface area contributed by atoms with Gasteiger partial charge in [0.1, 0.15) is 0 Å². The van der Waals surface area contributed by atoms with Crippen molar-refractivity contribution in [1.82, 2.24) is 19.6 Å². The smallest absolute Gasteiger partial charge is 0.305 e. The van der Waals surface area contributed by atoms with E-state index < -0.39 is 5.97 Å². The Morgan fingerprint density at radius 2 is 1.87 bits per heavy atom. The molecule has 0 saturated carbocycles. The van der Waals surface area contributed by atoms with Gasteiger partial charge in [0.15, 0.2) is 5.52 Å². The predicted molar refractivity (Wildman–Crippen MR) is 84.9 cm³/mol. The number of hydrogen-bond acceptors (Lipinski definition) is 4. The maximum Gasteiger partial charge on any atom is 0.305 e. The lowest BCUT2D eigenvalue weighted by Gasteiger charge is -2.05. The molecule has 0 fully saturated rings. The van der Waals surface area contributed by atoms with Crippen molar-refractivity contribution in [2.45, 2.75) is 26.8 Å². The van der Waals surface area contributed by atoms with E-state index in [1.165, 1.54) is 4.68 Å². The van der Waals surface area contributed by atoms with Gasteiger partial charge in [-0.25, -0.2) is 9.36 Å². The highest BCUT2D eigenvalue weighted by Gasteiger charge is 2.17. The van der Waals surface area contributed by atoms with Crippen LogP contribution < -0.4 is 5.56 Å². The molecule has 0 saturated heterocycles. The van der Waals surface area contributed by atoms with Crippen LogP contribution in [0, 0.1) is 13.8 Å². The normalized spacial score (nSPS) is 11.0. The Bertz CT molecular complexity index is 941. The molecule has 3 aromatic rings. The summed E-state index contributed by atoms with van der Waals surface area (Å²) in [6.45, 7) is 3.71. The van der Waals surface area contributed by atoms with Crippen molar-refractivity contribution in [3.05, 3.63) is 52.1 Å². The monoisotopic (exact) mass is 312 g/mol. The van der Waals surface area contributed by atoms with Gasteiger partial charge >= 0.3 is 5.97 Å². The number of benzene rings is 1. The Morgan fingerprint density at radius 3 is 2.52 bits per heavy atom. The molecule has 1 N–H and O–H groups in total. The lowest BCUT2D eigenvalue weighted by atomic mass is 10.2. The molecule has 0 amide bonds. The average molecular weight is 312 g/mol. The van der Waals surface area contributed by atoms with Crippen LogP contribution in [0.4, 0.5) is 0 Å². The first-order valence-electron chi connectivity index (χ1n) is 7.23. The van der Waals surface area contributed by atoms with E-state index in [0.29, 0.717) is 16.6 Å². The van der Waals surface area contributed by atoms with Crippen LogP contribution in [0.25, 0.3) is 16.6 Å². The highest BCUT2D eigenvalue weighted by molar-refractivity contribution is 5.83. The van der Waals surface area contributed by atoms with E-state index in [9.17, 15) is 9.59 Å². The van der Waals surface area contributed by atoms with Crippen LogP contribution in [0.15, 0.2) is 35.1 Å². The Labute approximate surface area is 131 Å². The molecular formula is C16H16N4O3. The zero-order valence-corrected chi connectivity index (χ0v) is 12.9. The number of carboxylic acids is 1. The van der Waals surface area contributed by atoms with Crippen LogP contribution in [0.2, 0.25) is 0 Å². The highest BCUT2D eigenvalue weighted by atomic mass is 16.4. The first-order chi connectivity index (χ1) is 11.0. The van der Waals surface area contributed by atoms with Crippen LogP contribution in [0.1, 0.15) is 17.8 Å². The second kappa shape index (κ2) is 5.68. The van der Waals surface area contributed by atoms with Gasteiger partial charge in [0, 0.05) is 0 Å². The fraction of sp³-hybridized carbons (Fsp3) is 0.250. The third kappa shape index (κ3) is 2.61. The van der Waals surface area contributed by atoms with Gasteiger partial charge in [-0.3, -0.25) is 9.59 Å². The molecule has 7 heteroatoms. The number of para-hydroxylation sites is 1. The topological polar surface area (TPSA) is 90.0 Å². The molecule has 118 valence electrons. The highest BCUT2D eigenvalue weighted by Crippen LogP contribution is 2.20. The second-order valence-electron chi connectivity index (χ2n) is 5.31. The Kier molecular flexibility index (Phi) is 3.69.